The molecule has 0 amide bonds. The number of aryl methyl sites for hydroxylation is 1. The summed E-state index contributed by atoms with van der Waals surface area (Å²) in [6, 6.07) is 6.09. The molecule has 1 aromatic carbocycles. The number of anilines is 1. The van der Waals surface area contributed by atoms with Gasteiger partial charge in [-0.05, 0) is 63.3 Å². The molecule has 0 aliphatic heterocycles. The van der Waals surface area contributed by atoms with Gasteiger partial charge < -0.3 is 14.9 Å². The summed E-state index contributed by atoms with van der Waals surface area (Å²) in [6.45, 7) is 4.07. The van der Waals surface area contributed by atoms with Crippen molar-refractivity contribution in [2.24, 2.45) is 0 Å². The van der Waals surface area contributed by atoms with Gasteiger partial charge in [-0.3, -0.25) is 0 Å². The quantitative estimate of drug-likeness (QED) is 0.777. The number of carboxylic acids is 1. The van der Waals surface area contributed by atoms with Crippen molar-refractivity contribution in [3.05, 3.63) is 35.4 Å². The fourth-order valence-corrected chi connectivity index (χ4v) is 2.00. The van der Waals surface area contributed by atoms with Crippen LogP contribution in [0.5, 0.6) is 0 Å². The number of nitrogens with zero attached hydrogens (tertiary/aromatic N) is 2. The number of benzene rings is 1. The third kappa shape index (κ3) is 5.45. The zero-order chi connectivity index (χ0) is 15.1. The van der Waals surface area contributed by atoms with Gasteiger partial charge in [-0.1, -0.05) is 6.07 Å². The van der Waals surface area contributed by atoms with Crippen molar-refractivity contribution in [2.45, 2.75) is 13.3 Å². The Morgan fingerprint density at radius 2 is 1.95 bits per heavy atom. The first-order valence-electron chi connectivity index (χ1n) is 6.77. The molecule has 0 fully saturated rings. The van der Waals surface area contributed by atoms with Gasteiger partial charge in [-0.2, -0.15) is 0 Å². The molecule has 0 radical (unpaired) electrons. The van der Waals surface area contributed by atoms with Crippen molar-refractivity contribution in [1.82, 2.24) is 4.90 Å². The van der Waals surface area contributed by atoms with Crippen molar-refractivity contribution < 1.29 is 9.90 Å². The Balaban J connectivity index is 2.68. The third-order valence-electron chi connectivity index (χ3n) is 3.20. The minimum atomic E-state index is -0.922. The minimum Gasteiger partial charge on any atom is -0.478 e. The normalized spacial score (nSPS) is 11.2. The van der Waals surface area contributed by atoms with Crippen LogP contribution in [0.3, 0.4) is 0 Å². The smallest absolute Gasteiger partial charge is 0.328 e. The predicted octanol–water partition coefficient (Wildman–Crippen LogP) is 2.48. The number of carbonyl (C=O) groups is 1. The predicted molar refractivity (Wildman–Crippen MR) is 84.3 cm³/mol. The molecule has 0 unspecified atom stereocenters. The largest absolute Gasteiger partial charge is 0.478 e. The van der Waals surface area contributed by atoms with Crippen LogP contribution in [0.4, 0.5) is 5.69 Å². The highest BCUT2D eigenvalue weighted by molar-refractivity contribution is 5.85. The van der Waals surface area contributed by atoms with Crippen LogP contribution in [0.15, 0.2) is 24.3 Å². The fraction of sp³-hybridized carbons (Fsp3) is 0.438. The summed E-state index contributed by atoms with van der Waals surface area (Å²) in [5.41, 5.74) is 3.19. The highest BCUT2D eigenvalue weighted by Crippen LogP contribution is 2.19. The van der Waals surface area contributed by atoms with Crippen molar-refractivity contribution in [1.29, 1.82) is 0 Å². The molecule has 0 aromatic heterocycles. The second-order valence-corrected chi connectivity index (χ2v) is 5.29. The molecule has 0 aliphatic rings. The van der Waals surface area contributed by atoms with E-state index in [1.807, 2.05) is 19.1 Å². The zero-order valence-corrected chi connectivity index (χ0v) is 12.8. The highest BCUT2D eigenvalue weighted by atomic mass is 16.4. The van der Waals surface area contributed by atoms with Crippen LogP contribution in [-0.4, -0.2) is 50.2 Å². The summed E-state index contributed by atoms with van der Waals surface area (Å²) in [5.74, 6) is -0.922. The zero-order valence-electron chi connectivity index (χ0n) is 12.8. The molecule has 1 N–H and O–H groups in total. The van der Waals surface area contributed by atoms with Crippen LogP contribution in [0.1, 0.15) is 17.5 Å². The van der Waals surface area contributed by atoms with Gasteiger partial charge in [0.15, 0.2) is 0 Å². The van der Waals surface area contributed by atoms with E-state index in [1.54, 1.807) is 6.08 Å². The molecule has 0 spiro atoms. The Morgan fingerprint density at radius 3 is 2.50 bits per heavy atom. The average Bonchev–Trinajstić information content (AvgIpc) is 2.36. The van der Waals surface area contributed by atoms with E-state index in [0.29, 0.717) is 0 Å². The lowest BCUT2D eigenvalue weighted by Gasteiger charge is -2.21. The third-order valence-corrected chi connectivity index (χ3v) is 3.20. The topological polar surface area (TPSA) is 43.8 Å². The van der Waals surface area contributed by atoms with E-state index in [-0.39, 0.29) is 0 Å². The first kappa shape index (κ1) is 16.2. The Morgan fingerprint density at radius 1 is 1.25 bits per heavy atom. The van der Waals surface area contributed by atoms with E-state index in [1.165, 1.54) is 6.08 Å². The molecule has 110 valence electrons. The van der Waals surface area contributed by atoms with Crippen molar-refractivity contribution in [2.75, 3.05) is 39.1 Å². The molecule has 1 aromatic rings. The number of rotatable bonds is 7. The lowest BCUT2D eigenvalue weighted by atomic mass is 10.1. The summed E-state index contributed by atoms with van der Waals surface area (Å²) in [4.78, 5) is 14.9. The Hall–Kier alpha value is -1.81. The maximum absolute atomic E-state index is 10.5. The highest BCUT2D eigenvalue weighted by Gasteiger charge is 2.03. The average molecular weight is 276 g/mol. The molecule has 0 aliphatic carbocycles. The minimum absolute atomic E-state index is 0.922. The lowest BCUT2D eigenvalue weighted by Crippen LogP contribution is -2.23. The first-order chi connectivity index (χ1) is 9.40. The van der Waals surface area contributed by atoms with Crippen LogP contribution in [-0.2, 0) is 4.79 Å². The molecule has 4 nitrogen and oxygen atoms in total. The van der Waals surface area contributed by atoms with E-state index in [0.717, 1.165) is 36.3 Å². The van der Waals surface area contributed by atoms with Crippen LogP contribution in [0, 0.1) is 6.92 Å². The SMILES string of the molecule is Cc1cc(N(C)CCCN(C)C)ccc1C=CC(=O)O. The van der Waals surface area contributed by atoms with E-state index >= 15 is 0 Å². The van der Waals surface area contributed by atoms with E-state index in [4.69, 9.17) is 5.11 Å². The summed E-state index contributed by atoms with van der Waals surface area (Å²) >= 11 is 0. The summed E-state index contributed by atoms with van der Waals surface area (Å²) < 4.78 is 0. The summed E-state index contributed by atoms with van der Waals surface area (Å²) in [7, 11) is 6.23. The van der Waals surface area contributed by atoms with E-state index in [2.05, 4.69) is 37.0 Å². The van der Waals surface area contributed by atoms with Gasteiger partial charge in [-0.15, -0.1) is 0 Å². The van der Waals surface area contributed by atoms with E-state index in [9.17, 15) is 4.79 Å². The van der Waals surface area contributed by atoms with Crippen LogP contribution < -0.4 is 4.90 Å². The van der Waals surface area contributed by atoms with Gasteiger partial charge in [0.05, 0.1) is 0 Å². The number of hydrogen-bond donors (Lipinski definition) is 1. The molecule has 0 saturated heterocycles. The molecule has 0 saturated carbocycles. The Bertz CT molecular complexity index is 481. The van der Waals surface area contributed by atoms with Gasteiger partial charge in [0, 0.05) is 25.4 Å². The standard InChI is InChI=1S/C16H24N2O2/c1-13-12-15(18(4)11-5-10-17(2)3)8-6-14(13)7-9-16(19)20/h6-9,12H,5,10-11H2,1-4H3,(H,19,20). The summed E-state index contributed by atoms with van der Waals surface area (Å²) in [6.07, 6.45) is 3.92. The van der Waals surface area contributed by atoms with Crippen molar-refractivity contribution in [3.8, 4) is 0 Å². The molecule has 20 heavy (non-hydrogen) atoms. The maximum Gasteiger partial charge on any atom is 0.328 e. The molecule has 4 heteroatoms. The summed E-state index contributed by atoms with van der Waals surface area (Å²) in [5, 5.41) is 8.65. The number of aliphatic carboxylic acids is 1. The second kappa shape index (κ2) is 7.70. The molecule has 1 rings (SSSR count). The van der Waals surface area contributed by atoms with Gasteiger partial charge in [0.2, 0.25) is 0 Å². The van der Waals surface area contributed by atoms with Gasteiger partial charge >= 0.3 is 5.97 Å². The molecule has 0 atom stereocenters. The van der Waals surface area contributed by atoms with Crippen molar-refractivity contribution >= 4 is 17.7 Å². The Kier molecular flexibility index (Phi) is 6.25. The van der Waals surface area contributed by atoms with Gasteiger partial charge in [-0.25, -0.2) is 4.79 Å². The van der Waals surface area contributed by atoms with Crippen LogP contribution in [0.2, 0.25) is 0 Å². The lowest BCUT2D eigenvalue weighted by molar-refractivity contribution is -0.131. The Labute approximate surface area is 121 Å². The maximum atomic E-state index is 10.5. The fourth-order valence-electron chi connectivity index (χ4n) is 2.00. The van der Waals surface area contributed by atoms with Crippen molar-refractivity contribution in [3.63, 3.8) is 0 Å². The van der Waals surface area contributed by atoms with Gasteiger partial charge in [0.25, 0.3) is 0 Å². The van der Waals surface area contributed by atoms with E-state index < -0.39 is 5.97 Å². The van der Waals surface area contributed by atoms with Crippen LogP contribution >= 0.6 is 0 Å². The second-order valence-electron chi connectivity index (χ2n) is 5.29. The monoisotopic (exact) mass is 276 g/mol. The molecular formula is C16H24N2O2. The van der Waals surface area contributed by atoms with Gasteiger partial charge in [0.1, 0.15) is 0 Å². The van der Waals surface area contributed by atoms with Crippen LogP contribution in [0.25, 0.3) is 6.08 Å². The molecular weight excluding hydrogens is 252 g/mol. The molecule has 0 bridgehead atoms. The molecule has 0 heterocycles. The number of carboxylic acid groups (broad SMARTS) is 1. The number of hydrogen-bond acceptors (Lipinski definition) is 3. The first-order valence-corrected chi connectivity index (χ1v) is 6.77.